The normalized spacial score (nSPS) is 24.4. The van der Waals surface area contributed by atoms with Crippen molar-refractivity contribution < 1.29 is 9.53 Å². The van der Waals surface area contributed by atoms with Gasteiger partial charge in [-0.2, -0.15) is 0 Å². The van der Waals surface area contributed by atoms with E-state index < -0.39 is 0 Å². The maximum absolute atomic E-state index is 12.6. The first kappa shape index (κ1) is 19.6. The molecule has 0 radical (unpaired) electrons. The molecule has 0 bridgehead atoms. The third-order valence-corrected chi connectivity index (χ3v) is 6.40. The third-order valence-electron chi connectivity index (χ3n) is 6.40. The zero-order valence-corrected chi connectivity index (χ0v) is 16.8. The van der Waals surface area contributed by atoms with Crippen molar-refractivity contribution in [2.45, 2.75) is 63.5 Å². The molecule has 1 unspecified atom stereocenters. The summed E-state index contributed by atoms with van der Waals surface area (Å²) in [5.41, 5.74) is 0.414. The molecule has 154 valence electrons. The lowest BCUT2D eigenvalue weighted by Crippen LogP contribution is -2.45. The molecule has 3 fully saturated rings. The average molecular weight is 388 g/mol. The van der Waals surface area contributed by atoms with E-state index in [9.17, 15) is 4.79 Å². The summed E-state index contributed by atoms with van der Waals surface area (Å²) in [5, 5.41) is 3.41. The summed E-state index contributed by atoms with van der Waals surface area (Å²) in [6.07, 6.45) is 13.9. The highest BCUT2D eigenvalue weighted by atomic mass is 16.5. The number of amides is 1. The molecule has 2 saturated heterocycles. The van der Waals surface area contributed by atoms with Gasteiger partial charge in [-0.25, -0.2) is 4.98 Å². The van der Waals surface area contributed by atoms with Crippen LogP contribution >= 0.6 is 0 Å². The highest BCUT2D eigenvalue weighted by Gasteiger charge is 2.30. The van der Waals surface area contributed by atoms with Gasteiger partial charge in [-0.15, -0.1) is 0 Å². The molecule has 2 aliphatic heterocycles. The Morgan fingerprint density at radius 1 is 1.07 bits per heavy atom. The van der Waals surface area contributed by atoms with Gasteiger partial charge < -0.3 is 15.0 Å². The Labute approximate surface area is 167 Å². The van der Waals surface area contributed by atoms with Crippen molar-refractivity contribution in [3.63, 3.8) is 0 Å². The number of hydrogen-bond donors (Lipinski definition) is 1. The average Bonchev–Trinajstić information content (AvgIpc) is 3.29. The highest BCUT2D eigenvalue weighted by molar-refractivity contribution is 5.92. The number of aromatic nitrogens is 2. The van der Waals surface area contributed by atoms with Gasteiger partial charge in [0.1, 0.15) is 11.5 Å². The molecule has 1 atom stereocenters. The summed E-state index contributed by atoms with van der Waals surface area (Å²) in [5.74, 6) is 0.640. The van der Waals surface area contributed by atoms with Gasteiger partial charge in [0.25, 0.3) is 5.91 Å². The molecule has 0 aromatic carbocycles. The van der Waals surface area contributed by atoms with Gasteiger partial charge in [-0.05, 0) is 38.6 Å². The monoisotopic (exact) mass is 387 g/mol. The summed E-state index contributed by atoms with van der Waals surface area (Å²) >= 11 is 0. The van der Waals surface area contributed by atoms with E-state index in [1.807, 2.05) is 0 Å². The molecule has 1 N–H and O–H groups in total. The molecule has 0 spiro atoms. The van der Waals surface area contributed by atoms with Gasteiger partial charge in [0.05, 0.1) is 25.6 Å². The van der Waals surface area contributed by atoms with E-state index in [0.717, 1.165) is 19.0 Å². The molecule has 4 rings (SSSR count). The van der Waals surface area contributed by atoms with Gasteiger partial charge in [0, 0.05) is 31.7 Å². The van der Waals surface area contributed by atoms with Gasteiger partial charge in [0.2, 0.25) is 0 Å². The van der Waals surface area contributed by atoms with Crippen LogP contribution in [-0.2, 0) is 4.74 Å². The van der Waals surface area contributed by atoms with Crippen LogP contribution in [0, 0.1) is 0 Å². The first-order chi connectivity index (χ1) is 13.8. The van der Waals surface area contributed by atoms with E-state index in [4.69, 9.17) is 4.74 Å². The lowest BCUT2D eigenvalue weighted by molar-refractivity contribution is 0.0299. The van der Waals surface area contributed by atoms with Crippen molar-refractivity contribution in [3.8, 4) is 0 Å². The Kier molecular flexibility index (Phi) is 6.75. The van der Waals surface area contributed by atoms with E-state index >= 15 is 0 Å². The van der Waals surface area contributed by atoms with Crippen molar-refractivity contribution in [3.05, 3.63) is 18.1 Å². The highest BCUT2D eigenvalue weighted by Crippen LogP contribution is 2.30. The van der Waals surface area contributed by atoms with Crippen LogP contribution in [0.2, 0.25) is 0 Å². The Morgan fingerprint density at radius 2 is 1.86 bits per heavy atom. The second kappa shape index (κ2) is 9.65. The van der Waals surface area contributed by atoms with Crippen molar-refractivity contribution >= 4 is 11.7 Å². The number of rotatable bonds is 6. The lowest BCUT2D eigenvalue weighted by Gasteiger charge is -2.40. The molecular weight excluding hydrogens is 354 g/mol. The second-order valence-corrected chi connectivity index (χ2v) is 8.24. The smallest absolute Gasteiger partial charge is 0.274 e. The molecule has 28 heavy (non-hydrogen) atoms. The van der Waals surface area contributed by atoms with Crippen molar-refractivity contribution in [1.82, 2.24) is 19.8 Å². The fraction of sp³-hybridized carbons (Fsp3) is 0.762. The molecule has 1 saturated carbocycles. The van der Waals surface area contributed by atoms with Crippen LogP contribution in [0.5, 0.6) is 0 Å². The van der Waals surface area contributed by atoms with Crippen LogP contribution < -0.4 is 5.32 Å². The Balaban J connectivity index is 1.30. The standard InChI is InChI=1S/C21H33N5O2/c27-21(25-11-13-28-14-12-25)19-15-22-16-20(24-19)23-9-8-18-7-3-4-10-26(18)17-5-1-2-6-17/h15-18H,1-14H2,(H,23,24). The number of carbonyl (C=O) groups excluding carboxylic acids is 1. The van der Waals surface area contributed by atoms with Gasteiger partial charge in [-0.3, -0.25) is 14.7 Å². The van der Waals surface area contributed by atoms with Crippen LogP contribution in [0.1, 0.15) is 61.9 Å². The Bertz CT molecular complexity index is 643. The van der Waals surface area contributed by atoms with E-state index in [0.29, 0.717) is 43.9 Å². The van der Waals surface area contributed by atoms with E-state index in [2.05, 4.69) is 20.2 Å². The number of nitrogens with one attached hydrogen (secondary N) is 1. The number of morpholine rings is 1. The largest absolute Gasteiger partial charge is 0.378 e. The first-order valence-corrected chi connectivity index (χ1v) is 11.0. The number of hydrogen-bond acceptors (Lipinski definition) is 6. The van der Waals surface area contributed by atoms with Crippen LogP contribution in [0.3, 0.4) is 0 Å². The predicted molar refractivity (Wildman–Crippen MR) is 108 cm³/mol. The fourth-order valence-electron chi connectivity index (χ4n) is 4.90. The maximum Gasteiger partial charge on any atom is 0.274 e. The SMILES string of the molecule is O=C(c1cncc(NCCC2CCCCN2C2CCCC2)n1)N1CCOCC1. The van der Waals surface area contributed by atoms with E-state index in [1.165, 1.54) is 51.5 Å². The minimum absolute atomic E-state index is 0.0564. The number of anilines is 1. The van der Waals surface area contributed by atoms with Crippen molar-refractivity contribution in [1.29, 1.82) is 0 Å². The molecule has 1 aliphatic carbocycles. The van der Waals surface area contributed by atoms with Crippen LogP contribution in [0.4, 0.5) is 5.82 Å². The first-order valence-electron chi connectivity index (χ1n) is 11.0. The number of carbonyl (C=O) groups is 1. The van der Waals surface area contributed by atoms with Gasteiger partial charge in [-0.1, -0.05) is 19.3 Å². The van der Waals surface area contributed by atoms with Crippen molar-refractivity contribution in [2.24, 2.45) is 0 Å². The van der Waals surface area contributed by atoms with Crippen LogP contribution in [0.15, 0.2) is 12.4 Å². The number of likely N-dealkylation sites (tertiary alicyclic amines) is 1. The molecule has 1 amide bonds. The molecule has 1 aromatic heterocycles. The Morgan fingerprint density at radius 3 is 2.68 bits per heavy atom. The molecule has 3 aliphatic rings. The molecular formula is C21H33N5O2. The molecule has 7 nitrogen and oxygen atoms in total. The molecule has 7 heteroatoms. The summed E-state index contributed by atoms with van der Waals surface area (Å²) in [6.45, 7) is 4.57. The zero-order chi connectivity index (χ0) is 19.2. The van der Waals surface area contributed by atoms with E-state index in [-0.39, 0.29) is 5.91 Å². The summed E-state index contributed by atoms with van der Waals surface area (Å²) in [4.78, 5) is 25.9. The minimum Gasteiger partial charge on any atom is -0.378 e. The summed E-state index contributed by atoms with van der Waals surface area (Å²) in [6, 6.07) is 1.48. The second-order valence-electron chi connectivity index (χ2n) is 8.24. The van der Waals surface area contributed by atoms with Gasteiger partial charge >= 0.3 is 0 Å². The van der Waals surface area contributed by atoms with Gasteiger partial charge in [0.15, 0.2) is 0 Å². The topological polar surface area (TPSA) is 70.6 Å². The van der Waals surface area contributed by atoms with Crippen LogP contribution in [-0.4, -0.2) is 77.2 Å². The number of ether oxygens (including phenoxy) is 1. The van der Waals surface area contributed by atoms with E-state index in [1.54, 1.807) is 17.3 Å². The maximum atomic E-state index is 12.6. The lowest BCUT2D eigenvalue weighted by atomic mass is 9.96. The quantitative estimate of drug-likeness (QED) is 0.809. The summed E-state index contributed by atoms with van der Waals surface area (Å²) < 4.78 is 5.32. The van der Waals surface area contributed by atoms with Crippen molar-refractivity contribution in [2.75, 3.05) is 44.7 Å². The number of piperidine rings is 1. The Hall–Kier alpha value is -1.73. The fourth-order valence-corrected chi connectivity index (χ4v) is 4.90. The van der Waals surface area contributed by atoms with Crippen LogP contribution in [0.25, 0.3) is 0 Å². The predicted octanol–water partition coefficient (Wildman–Crippen LogP) is 2.55. The molecule has 3 heterocycles. The molecule has 1 aromatic rings. The summed E-state index contributed by atoms with van der Waals surface area (Å²) in [7, 11) is 0. The minimum atomic E-state index is -0.0564. The zero-order valence-electron chi connectivity index (χ0n) is 16.8. The third kappa shape index (κ3) is 4.81. The number of nitrogens with zero attached hydrogens (tertiary/aromatic N) is 4.